The highest BCUT2D eigenvalue weighted by Gasteiger charge is 2.57. The van der Waals surface area contributed by atoms with Gasteiger partial charge in [-0.1, -0.05) is 6.07 Å². The van der Waals surface area contributed by atoms with E-state index in [-0.39, 0.29) is 12.8 Å². The van der Waals surface area contributed by atoms with Crippen LogP contribution in [0.2, 0.25) is 98.2 Å². The molecule has 0 radical (unpaired) electrons. The van der Waals surface area contributed by atoms with Gasteiger partial charge in [-0.2, -0.15) is 0 Å². The average molecular weight is 729 g/mol. The fraction of sp³-hybridized carbons (Fsp3) is 0.688. The molecular weight excluding hydrogens is 669 g/mol. The molecule has 0 aliphatic heterocycles. The summed E-state index contributed by atoms with van der Waals surface area (Å²) in [6.45, 7) is 31.0. The molecule has 1 aromatic carbocycles. The molecule has 9 nitrogen and oxygen atoms in total. The zero-order chi connectivity index (χ0) is 35.5. The maximum atomic E-state index is 14.1. The number of hydrogen-bond acceptors (Lipinski definition) is 9. The summed E-state index contributed by atoms with van der Waals surface area (Å²) in [5.74, 6) is 0.306. The van der Waals surface area contributed by atoms with Crippen LogP contribution >= 0.6 is 0 Å². The van der Waals surface area contributed by atoms with Crippen LogP contribution < -0.4 is 9.16 Å². The molecule has 4 atom stereocenters. The van der Waals surface area contributed by atoms with Gasteiger partial charge < -0.3 is 31.6 Å². The Bertz CT molecular complexity index is 1240. The predicted molar refractivity (Wildman–Crippen MR) is 198 cm³/mol. The molecule has 0 aromatic heterocycles. The van der Waals surface area contributed by atoms with Crippen LogP contribution in [0.15, 0.2) is 24.3 Å². The first kappa shape index (κ1) is 40.6. The zero-order valence-electron chi connectivity index (χ0n) is 31.2. The van der Waals surface area contributed by atoms with Gasteiger partial charge in [-0.3, -0.25) is 4.79 Å². The third-order valence-corrected chi connectivity index (χ3v) is 11.0. The summed E-state index contributed by atoms with van der Waals surface area (Å²) >= 11 is 0. The van der Waals surface area contributed by atoms with E-state index in [0.717, 1.165) is 5.56 Å². The summed E-state index contributed by atoms with van der Waals surface area (Å²) in [5, 5.41) is 0. The van der Waals surface area contributed by atoms with E-state index < -0.39 is 77.4 Å². The largest absolute Gasteiger partial charge is 0.542 e. The molecule has 0 saturated heterocycles. The molecule has 1 aromatic rings. The SMILES string of the molecule is COc1cc(/C=C/C(=O)OC2CC(O[Si](C)(C)C)(C(=O)O[Si](C)(C)C)CC(O[Si](C)(C)C)C2O[Si](C)(C)C)ccc1O[Si](C)(C)C. The molecule has 1 aliphatic rings. The summed E-state index contributed by atoms with van der Waals surface area (Å²) in [5.41, 5.74) is -0.576. The predicted octanol–water partition coefficient (Wildman–Crippen LogP) is 8.04. The molecule has 46 heavy (non-hydrogen) atoms. The van der Waals surface area contributed by atoms with Crippen molar-refractivity contribution in [1.29, 1.82) is 0 Å². The van der Waals surface area contributed by atoms with Gasteiger partial charge in [0.05, 0.1) is 13.2 Å². The Labute approximate surface area is 283 Å². The Morgan fingerprint density at radius 3 is 1.76 bits per heavy atom. The van der Waals surface area contributed by atoms with Crippen LogP contribution in [-0.2, 0) is 32.0 Å². The lowest BCUT2D eigenvalue weighted by atomic mass is 9.79. The van der Waals surface area contributed by atoms with Gasteiger partial charge in [-0.25, -0.2) is 4.79 Å². The third kappa shape index (κ3) is 13.9. The van der Waals surface area contributed by atoms with Crippen molar-refractivity contribution in [3.8, 4) is 11.5 Å². The molecule has 1 fully saturated rings. The third-order valence-electron chi connectivity index (χ3n) is 6.34. The van der Waals surface area contributed by atoms with E-state index in [0.29, 0.717) is 11.5 Å². The van der Waals surface area contributed by atoms with Crippen molar-refractivity contribution in [3.05, 3.63) is 29.8 Å². The van der Waals surface area contributed by atoms with Crippen molar-refractivity contribution in [1.82, 2.24) is 0 Å². The van der Waals surface area contributed by atoms with Crippen LogP contribution in [0.5, 0.6) is 11.5 Å². The maximum absolute atomic E-state index is 14.1. The van der Waals surface area contributed by atoms with E-state index in [1.807, 2.05) is 57.5 Å². The zero-order valence-corrected chi connectivity index (χ0v) is 36.2. The van der Waals surface area contributed by atoms with Crippen LogP contribution in [0.1, 0.15) is 18.4 Å². The van der Waals surface area contributed by atoms with Gasteiger partial charge in [-0.15, -0.1) is 0 Å². The Hall–Kier alpha value is -1.54. The Morgan fingerprint density at radius 2 is 1.28 bits per heavy atom. The highest BCUT2D eigenvalue weighted by Crippen LogP contribution is 2.42. The van der Waals surface area contributed by atoms with Gasteiger partial charge in [0.1, 0.15) is 18.0 Å². The molecule has 0 heterocycles. The summed E-state index contributed by atoms with van der Waals surface area (Å²) in [7, 11) is -9.15. The molecular formula is C32H60O9Si5. The van der Waals surface area contributed by atoms with Gasteiger partial charge in [0.2, 0.25) is 16.6 Å². The molecule has 0 spiro atoms. The minimum atomic E-state index is -2.31. The summed E-state index contributed by atoms with van der Waals surface area (Å²) in [4.78, 5) is 27.6. The lowest BCUT2D eigenvalue weighted by molar-refractivity contribution is -0.187. The van der Waals surface area contributed by atoms with Gasteiger partial charge in [0.25, 0.3) is 0 Å². The molecule has 2 rings (SSSR count). The number of rotatable bonds is 14. The molecule has 14 heteroatoms. The first-order chi connectivity index (χ1) is 20.6. The lowest BCUT2D eigenvalue weighted by Gasteiger charge is -2.50. The van der Waals surface area contributed by atoms with E-state index in [1.54, 1.807) is 13.2 Å². The normalized spacial score (nSPS) is 23.3. The van der Waals surface area contributed by atoms with Gasteiger partial charge in [-0.05, 0) is 122 Å². The monoisotopic (exact) mass is 728 g/mol. The fourth-order valence-electron chi connectivity index (χ4n) is 5.24. The standard InChI is InChI=1S/C32H60O9Si5/c1-35-26-21-24(17-19-25(26)37-42(2,3)4)18-20-29(33)36-27-22-32(41-46(14,15)16,31(34)40-45(11,12)13)23-28(38-43(5,6)7)30(27)39-44(8,9)10/h17-21,27-28,30H,22-23H2,1-16H3/b20-18+. The van der Waals surface area contributed by atoms with Crippen molar-refractivity contribution in [2.75, 3.05) is 7.11 Å². The Kier molecular flexibility index (Phi) is 13.2. The fourth-order valence-corrected chi connectivity index (χ4v) is 10.5. The van der Waals surface area contributed by atoms with Crippen LogP contribution in [0.3, 0.4) is 0 Å². The van der Waals surface area contributed by atoms with Gasteiger partial charge >= 0.3 is 11.9 Å². The minimum Gasteiger partial charge on any atom is -0.542 e. The van der Waals surface area contributed by atoms with Crippen LogP contribution in [0.4, 0.5) is 0 Å². The molecule has 1 aliphatic carbocycles. The molecule has 262 valence electrons. The number of ether oxygens (including phenoxy) is 2. The van der Waals surface area contributed by atoms with Crippen molar-refractivity contribution in [2.45, 2.75) is 135 Å². The average Bonchev–Trinajstić information content (AvgIpc) is 2.81. The van der Waals surface area contributed by atoms with Crippen molar-refractivity contribution < 1.29 is 41.2 Å². The first-order valence-corrected chi connectivity index (χ1v) is 33.2. The van der Waals surface area contributed by atoms with E-state index in [9.17, 15) is 9.59 Å². The molecule has 0 N–H and O–H groups in total. The molecule has 4 unspecified atom stereocenters. The number of carbonyl (C=O) groups is 2. The summed E-state index contributed by atoms with van der Waals surface area (Å²) < 4.78 is 44.2. The second-order valence-corrected chi connectivity index (χ2v) is 39.2. The topological polar surface area (TPSA) is 98.8 Å². The van der Waals surface area contributed by atoms with Gasteiger partial charge in [0.15, 0.2) is 36.3 Å². The quantitative estimate of drug-likeness (QED) is 0.107. The van der Waals surface area contributed by atoms with Crippen LogP contribution in [0.25, 0.3) is 6.08 Å². The summed E-state index contributed by atoms with van der Waals surface area (Å²) in [6, 6.07) is 5.55. The number of hydrogen-bond donors (Lipinski definition) is 0. The molecule has 0 bridgehead atoms. The van der Waals surface area contributed by atoms with Crippen LogP contribution in [-0.4, -0.2) is 84.5 Å². The van der Waals surface area contributed by atoms with E-state index in [4.69, 9.17) is 31.6 Å². The Balaban J connectivity index is 2.55. The highest BCUT2D eigenvalue weighted by atomic mass is 28.4. The van der Waals surface area contributed by atoms with Gasteiger partial charge in [0, 0.05) is 18.9 Å². The number of carbonyl (C=O) groups excluding carboxylic acids is 2. The van der Waals surface area contributed by atoms with E-state index in [2.05, 4.69) is 58.9 Å². The first-order valence-electron chi connectivity index (χ1n) is 16.2. The van der Waals surface area contributed by atoms with Crippen molar-refractivity contribution in [2.24, 2.45) is 0 Å². The lowest BCUT2D eigenvalue weighted by Crippen LogP contribution is -2.65. The number of benzene rings is 1. The second-order valence-electron chi connectivity index (χ2n) is 17.0. The van der Waals surface area contributed by atoms with Crippen LogP contribution in [0, 0.1) is 0 Å². The minimum absolute atomic E-state index is 0.122. The maximum Gasteiger partial charge on any atom is 0.331 e. The van der Waals surface area contributed by atoms with E-state index >= 15 is 0 Å². The highest BCUT2D eigenvalue weighted by molar-refractivity contribution is 6.72. The smallest absolute Gasteiger partial charge is 0.331 e. The Morgan fingerprint density at radius 1 is 0.717 bits per heavy atom. The number of methoxy groups -OCH3 is 1. The summed E-state index contributed by atoms with van der Waals surface area (Å²) in [6.07, 6.45) is 1.58. The van der Waals surface area contributed by atoms with Crippen molar-refractivity contribution >= 4 is 59.6 Å². The van der Waals surface area contributed by atoms with Crippen molar-refractivity contribution in [3.63, 3.8) is 0 Å². The molecule has 1 saturated carbocycles. The molecule has 0 amide bonds. The number of esters is 1. The second kappa shape index (κ2) is 14.9. The van der Waals surface area contributed by atoms with E-state index in [1.165, 1.54) is 6.08 Å².